The van der Waals surface area contributed by atoms with Crippen LogP contribution in [0.5, 0.6) is 0 Å². The van der Waals surface area contributed by atoms with E-state index in [9.17, 15) is 14.4 Å². The first-order chi connectivity index (χ1) is 10.9. The Morgan fingerprint density at radius 1 is 1.22 bits per heavy atom. The summed E-state index contributed by atoms with van der Waals surface area (Å²) in [6, 6.07) is 6.34. The lowest BCUT2D eigenvalue weighted by Gasteiger charge is -2.19. The second-order valence-electron chi connectivity index (χ2n) is 5.30. The molecule has 1 unspecified atom stereocenters. The molecule has 0 bridgehead atoms. The third-order valence-electron chi connectivity index (χ3n) is 3.19. The molecule has 7 heteroatoms. The van der Waals surface area contributed by atoms with Gasteiger partial charge in [-0.15, -0.1) is 0 Å². The minimum Gasteiger partial charge on any atom is -0.467 e. The van der Waals surface area contributed by atoms with E-state index in [1.165, 1.54) is 7.11 Å². The Morgan fingerprint density at radius 2 is 1.87 bits per heavy atom. The first-order valence-electron chi connectivity index (χ1n) is 7.26. The molecule has 0 fully saturated rings. The molecule has 0 aliphatic carbocycles. The van der Waals surface area contributed by atoms with E-state index in [2.05, 4.69) is 31.3 Å². The zero-order valence-corrected chi connectivity index (χ0v) is 15.0. The van der Waals surface area contributed by atoms with Gasteiger partial charge in [-0.2, -0.15) is 0 Å². The highest BCUT2D eigenvalue weighted by atomic mass is 79.9. The summed E-state index contributed by atoms with van der Waals surface area (Å²) in [6.45, 7) is 3.81. The van der Waals surface area contributed by atoms with Crippen LogP contribution in [-0.2, 0) is 14.3 Å². The van der Waals surface area contributed by atoms with Gasteiger partial charge in [0.2, 0.25) is 5.91 Å². The number of carbonyl (C=O) groups is 3. The summed E-state index contributed by atoms with van der Waals surface area (Å²) >= 11 is 3.30. The summed E-state index contributed by atoms with van der Waals surface area (Å²) in [6.07, 6.45) is 0.0798. The van der Waals surface area contributed by atoms with Crippen LogP contribution in [0.3, 0.4) is 0 Å². The number of hydrogen-bond acceptors (Lipinski definition) is 4. The van der Waals surface area contributed by atoms with Gasteiger partial charge in [0.15, 0.2) is 0 Å². The number of amides is 2. The van der Waals surface area contributed by atoms with E-state index in [1.807, 2.05) is 19.9 Å². The molecule has 0 saturated heterocycles. The van der Waals surface area contributed by atoms with E-state index in [1.54, 1.807) is 18.2 Å². The monoisotopic (exact) mass is 384 g/mol. The Labute approximate surface area is 144 Å². The van der Waals surface area contributed by atoms with Crippen LogP contribution < -0.4 is 10.6 Å². The molecule has 126 valence electrons. The standard InChI is InChI=1S/C16H21BrN2O4/c1-10(2)14(16(22)23-3)19-13(20)8-9-18-15(21)11-6-4-5-7-12(11)17/h4-7,10,14H,8-9H2,1-3H3,(H,18,21)(H,19,20). The molecule has 0 aromatic heterocycles. The maximum absolute atomic E-state index is 12.0. The Kier molecular flexibility index (Phi) is 7.74. The molecule has 1 rings (SSSR count). The Balaban J connectivity index is 2.46. The highest BCUT2D eigenvalue weighted by Gasteiger charge is 2.24. The second kappa shape index (κ2) is 9.29. The van der Waals surface area contributed by atoms with Gasteiger partial charge < -0.3 is 15.4 Å². The smallest absolute Gasteiger partial charge is 0.328 e. The van der Waals surface area contributed by atoms with Crippen LogP contribution >= 0.6 is 15.9 Å². The zero-order valence-electron chi connectivity index (χ0n) is 13.4. The minimum atomic E-state index is -0.688. The van der Waals surface area contributed by atoms with Crippen LogP contribution in [-0.4, -0.2) is 37.5 Å². The van der Waals surface area contributed by atoms with E-state index < -0.39 is 12.0 Å². The Hall–Kier alpha value is -1.89. The summed E-state index contributed by atoms with van der Waals surface area (Å²) in [5.41, 5.74) is 0.502. The Bertz CT molecular complexity index is 575. The van der Waals surface area contributed by atoms with Gasteiger partial charge in [-0.25, -0.2) is 4.79 Å². The van der Waals surface area contributed by atoms with Crippen molar-refractivity contribution in [3.63, 3.8) is 0 Å². The van der Waals surface area contributed by atoms with Crippen LogP contribution in [0.2, 0.25) is 0 Å². The first-order valence-corrected chi connectivity index (χ1v) is 8.06. The van der Waals surface area contributed by atoms with Crippen molar-refractivity contribution in [2.75, 3.05) is 13.7 Å². The van der Waals surface area contributed by atoms with E-state index in [4.69, 9.17) is 0 Å². The topological polar surface area (TPSA) is 84.5 Å². The van der Waals surface area contributed by atoms with Crippen LogP contribution in [0, 0.1) is 5.92 Å². The fraction of sp³-hybridized carbons (Fsp3) is 0.438. The first kappa shape index (κ1) is 19.2. The number of ether oxygens (including phenoxy) is 1. The van der Waals surface area contributed by atoms with E-state index in [0.29, 0.717) is 10.0 Å². The molecular weight excluding hydrogens is 364 g/mol. The van der Waals surface area contributed by atoms with Crippen molar-refractivity contribution in [1.29, 1.82) is 0 Å². The lowest BCUT2D eigenvalue weighted by molar-refractivity contribution is -0.146. The van der Waals surface area contributed by atoms with Crippen molar-refractivity contribution < 1.29 is 19.1 Å². The molecule has 1 atom stereocenters. The van der Waals surface area contributed by atoms with Gasteiger partial charge in [0.1, 0.15) is 6.04 Å². The molecule has 1 aromatic rings. The molecule has 6 nitrogen and oxygen atoms in total. The summed E-state index contributed by atoms with van der Waals surface area (Å²) in [4.78, 5) is 35.5. The molecular formula is C16H21BrN2O4. The molecule has 0 radical (unpaired) electrons. The number of esters is 1. The van der Waals surface area contributed by atoms with Gasteiger partial charge >= 0.3 is 5.97 Å². The molecule has 0 aliphatic heterocycles. The minimum absolute atomic E-state index is 0.0798. The third kappa shape index (κ3) is 6.02. The lowest BCUT2D eigenvalue weighted by atomic mass is 10.0. The average molecular weight is 385 g/mol. The van der Waals surface area contributed by atoms with Crippen molar-refractivity contribution >= 4 is 33.7 Å². The number of carbonyl (C=O) groups excluding carboxylic acids is 3. The number of methoxy groups -OCH3 is 1. The van der Waals surface area contributed by atoms with Gasteiger partial charge in [-0.1, -0.05) is 26.0 Å². The predicted octanol–water partition coefficient (Wildman–Crippen LogP) is 1.88. The van der Waals surface area contributed by atoms with Gasteiger partial charge in [-0.05, 0) is 34.0 Å². The number of benzene rings is 1. The molecule has 2 amide bonds. The normalized spacial score (nSPS) is 11.7. The maximum atomic E-state index is 12.0. The van der Waals surface area contributed by atoms with Crippen LogP contribution in [0.15, 0.2) is 28.7 Å². The molecule has 0 heterocycles. The highest BCUT2D eigenvalue weighted by Crippen LogP contribution is 2.15. The maximum Gasteiger partial charge on any atom is 0.328 e. The summed E-state index contributed by atoms with van der Waals surface area (Å²) < 4.78 is 5.35. The molecule has 2 N–H and O–H groups in total. The fourth-order valence-electron chi connectivity index (χ4n) is 1.90. The van der Waals surface area contributed by atoms with Crippen LogP contribution in [0.25, 0.3) is 0 Å². The van der Waals surface area contributed by atoms with Crippen molar-refractivity contribution in [3.05, 3.63) is 34.3 Å². The summed E-state index contributed by atoms with van der Waals surface area (Å²) in [5.74, 6) is -1.15. The number of rotatable bonds is 7. The average Bonchev–Trinajstić information content (AvgIpc) is 2.51. The van der Waals surface area contributed by atoms with Crippen molar-refractivity contribution in [1.82, 2.24) is 10.6 Å². The summed E-state index contributed by atoms with van der Waals surface area (Å²) in [5, 5.41) is 5.29. The van der Waals surface area contributed by atoms with E-state index >= 15 is 0 Å². The third-order valence-corrected chi connectivity index (χ3v) is 3.89. The number of hydrogen-bond donors (Lipinski definition) is 2. The summed E-state index contributed by atoms with van der Waals surface area (Å²) in [7, 11) is 1.28. The lowest BCUT2D eigenvalue weighted by Crippen LogP contribution is -2.45. The molecule has 0 spiro atoms. The van der Waals surface area contributed by atoms with Gasteiger partial charge in [0.05, 0.1) is 12.7 Å². The number of halogens is 1. The molecule has 23 heavy (non-hydrogen) atoms. The SMILES string of the molecule is COC(=O)C(NC(=O)CCNC(=O)c1ccccc1Br)C(C)C. The number of nitrogens with one attached hydrogen (secondary N) is 2. The van der Waals surface area contributed by atoms with Crippen LogP contribution in [0.4, 0.5) is 0 Å². The van der Waals surface area contributed by atoms with Gasteiger partial charge in [0.25, 0.3) is 5.91 Å². The van der Waals surface area contributed by atoms with Gasteiger partial charge in [0, 0.05) is 17.4 Å². The van der Waals surface area contributed by atoms with E-state index in [-0.39, 0.29) is 30.7 Å². The predicted molar refractivity (Wildman–Crippen MR) is 89.9 cm³/mol. The largest absolute Gasteiger partial charge is 0.467 e. The fourth-order valence-corrected chi connectivity index (χ4v) is 2.37. The van der Waals surface area contributed by atoms with Crippen molar-refractivity contribution in [3.8, 4) is 0 Å². The highest BCUT2D eigenvalue weighted by molar-refractivity contribution is 9.10. The zero-order chi connectivity index (χ0) is 17.4. The van der Waals surface area contributed by atoms with Crippen molar-refractivity contribution in [2.45, 2.75) is 26.3 Å². The van der Waals surface area contributed by atoms with E-state index in [0.717, 1.165) is 0 Å². The molecule has 0 aliphatic rings. The Morgan fingerprint density at radius 3 is 2.43 bits per heavy atom. The quantitative estimate of drug-likeness (QED) is 0.702. The second-order valence-corrected chi connectivity index (χ2v) is 6.15. The molecule has 1 aromatic carbocycles. The van der Waals surface area contributed by atoms with Gasteiger partial charge in [-0.3, -0.25) is 9.59 Å². The molecule has 0 saturated carbocycles. The van der Waals surface area contributed by atoms with Crippen molar-refractivity contribution in [2.24, 2.45) is 5.92 Å². The van der Waals surface area contributed by atoms with Crippen LogP contribution in [0.1, 0.15) is 30.6 Å².